The van der Waals surface area contributed by atoms with Crippen molar-refractivity contribution in [2.75, 3.05) is 18.8 Å². The van der Waals surface area contributed by atoms with Crippen molar-refractivity contribution in [3.05, 3.63) is 42.2 Å². The summed E-state index contributed by atoms with van der Waals surface area (Å²) in [5.74, 6) is -0.744. The van der Waals surface area contributed by atoms with Crippen molar-refractivity contribution in [1.82, 2.24) is 4.90 Å². The molecule has 0 unspecified atom stereocenters. The number of carbonyl (C=O) groups excluding carboxylic acids is 1. The number of nitrogen functional groups attached to an aromatic ring is 1. The van der Waals surface area contributed by atoms with Crippen LogP contribution in [0.4, 0.5) is 10.1 Å². The minimum Gasteiger partial charge on any atom is -0.398 e. The fourth-order valence-electron chi connectivity index (χ4n) is 1.40. The minimum atomic E-state index is -0.466. The molecule has 0 aliphatic carbocycles. The molecule has 0 aromatic heterocycles. The highest BCUT2D eigenvalue weighted by Gasteiger charge is 2.16. The van der Waals surface area contributed by atoms with Crippen LogP contribution in [0.2, 0.25) is 0 Å². The van der Waals surface area contributed by atoms with Crippen LogP contribution in [0.25, 0.3) is 0 Å². The van der Waals surface area contributed by atoms with E-state index in [-0.39, 0.29) is 17.2 Å². The molecule has 0 saturated carbocycles. The summed E-state index contributed by atoms with van der Waals surface area (Å²) < 4.78 is 13.0. The molecular formula is C12H15FN2O. The molecular weight excluding hydrogens is 207 g/mol. The monoisotopic (exact) mass is 222 g/mol. The zero-order valence-electron chi connectivity index (χ0n) is 9.24. The van der Waals surface area contributed by atoms with Gasteiger partial charge in [0.1, 0.15) is 5.82 Å². The summed E-state index contributed by atoms with van der Waals surface area (Å²) in [7, 11) is 0. The molecule has 0 radical (unpaired) electrons. The number of hydrogen-bond donors (Lipinski definition) is 1. The first kappa shape index (κ1) is 12.2. The average Bonchev–Trinajstić information content (AvgIpc) is 2.28. The molecule has 0 heterocycles. The number of nitrogens with zero attached hydrogens (tertiary/aromatic N) is 1. The maximum atomic E-state index is 13.0. The van der Waals surface area contributed by atoms with Crippen LogP contribution in [-0.2, 0) is 0 Å². The first-order valence-corrected chi connectivity index (χ1v) is 5.05. The van der Waals surface area contributed by atoms with Crippen molar-refractivity contribution in [2.24, 2.45) is 0 Å². The Balaban J connectivity index is 3.02. The van der Waals surface area contributed by atoms with Crippen molar-refractivity contribution >= 4 is 11.6 Å². The molecule has 0 aliphatic rings. The summed E-state index contributed by atoms with van der Waals surface area (Å²) in [5.41, 5.74) is 6.12. The second-order valence-corrected chi connectivity index (χ2v) is 3.36. The first-order chi connectivity index (χ1) is 7.60. The Morgan fingerprint density at radius 1 is 1.62 bits per heavy atom. The molecule has 3 nitrogen and oxygen atoms in total. The molecule has 1 aromatic rings. The van der Waals surface area contributed by atoms with E-state index in [9.17, 15) is 9.18 Å². The van der Waals surface area contributed by atoms with E-state index in [1.807, 2.05) is 6.92 Å². The summed E-state index contributed by atoms with van der Waals surface area (Å²) >= 11 is 0. The van der Waals surface area contributed by atoms with Crippen molar-refractivity contribution in [3.8, 4) is 0 Å². The predicted octanol–water partition coefficient (Wildman–Crippen LogP) is 2.06. The van der Waals surface area contributed by atoms with Gasteiger partial charge in [0.25, 0.3) is 5.91 Å². The van der Waals surface area contributed by atoms with Crippen LogP contribution in [0.15, 0.2) is 30.9 Å². The average molecular weight is 222 g/mol. The Bertz CT molecular complexity index is 404. The highest BCUT2D eigenvalue weighted by Crippen LogP contribution is 2.15. The van der Waals surface area contributed by atoms with Gasteiger partial charge in [0, 0.05) is 18.8 Å². The third-order valence-electron chi connectivity index (χ3n) is 2.26. The van der Waals surface area contributed by atoms with Crippen molar-refractivity contribution in [2.45, 2.75) is 6.92 Å². The van der Waals surface area contributed by atoms with E-state index < -0.39 is 5.82 Å². The largest absolute Gasteiger partial charge is 0.398 e. The fourth-order valence-corrected chi connectivity index (χ4v) is 1.40. The Hall–Kier alpha value is -1.84. The zero-order valence-corrected chi connectivity index (χ0v) is 9.24. The van der Waals surface area contributed by atoms with E-state index in [0.29, 0.717) is 13.1 Å². The molecule has 1 rings (SSSR count). The van der Waals surface area contributed by atoms with Gasteiger partial charge in [-0.1, -0.05) is 6.08 Å². The number of amides is 1. The van der Waals surface area contributed by atoms with Gasteiger partial charge in [-0.25, -0.2) is 4.39 Å². The number of anilines is 1. The molecule has 4 heteroatoms. The Kier molecular flexibility index (Phi) is 4.05. The van der Waals surface area contributed by atoms with Crippen LogP contribution < -0.4 is 5.73 Å². The molecule has 2 N–H and O–H groups in total. The number of hydrogen-bond acceptors (Lipinski definition) is 2. The van der Waals surface area contributed by atoms with Crippen LogP contribution in [0.1, 0.15) is 17.3 Å². The van der Waals surface area contributed by atoms with Gasteiger partial charge in [-0.15, -0.1) is 6.58 Å². The summed E-state index contributed by atoms with van der Waals surface area (Å²) in [6, 6.07) is 3.78. The molecule has 1 amide bonds. The van der Waals surface area contributed by atoms with Crippen LogP contribution in [0.5, 0.6) is 0 Å². The normalized spacial score (nSPS) is 9.88. The van der Waals surface area contributed by atoms with E-state index in [0.717, 1.165) is 6.07 Å². The molecule has 0 fully saturated rings. The standard InChI is InChI=1S/C12H15FN2O/c1-3-7-15(4-2)12(16)10-8-9(13)5-6-11(10)14/h3,5-6,8H,1,4,7,14H2,2H3. The molecule has 1 aromatic carbocycles. The molecule has 0 spiro atoms. The number of nitrogens with two attached hydrogens (primary N) is 1. The quantitative estimate of drug-likeness (QED) is 0.626. The molecule has 16 heavy (non-hydrogen) atoms. The lowest BCUT2D eigenvalue weighted by molar-refractivity contribution is 0.0782. The number of carbonyl (C=O) groups is 1. The second kappa shape index (κ2) is 5.30. The van der Waals surface area contributed by atoms with Crippen LogP contribution in [0.3, 0.4) is 0 Å². The van der Waals surface area contributed by atoms with Crippen LogP contribution in [0, 0.1) is 5.82 Å². The maximum absolute atomic E-state index is 13.0. The van der Waals surface area contributed by atoms with E-state index in [2.05, 4.69) is 6.58 Å². The third kappa shape index (κ3) is 2.59. The number of rotatable bonds is 4. The summed E-state index contributed by atoms with van der Waals surface area (Å²) in [5, 5.41) is 0. The molecule has 0 saturated heterocycles. The van der Waals surface area contributed by atoms with Crippen LogP contribution in [-0.4, -0.2) is 23.9 Å². The van der Waals surface area contributed by atoms with Crippen molar-refractivity contribution in [3.63, 3.8) is 0 Å². The lowest BCUT2D eigenvalue weighted by atomic mass is 10.1. The SMILES string of the molecule is C=CCN(CC)C(=O)c1cc(F)ccc1N. The summed E-state index contributed by atoms with van der Waals surface area (Å²) in [4.78, 5) is 13.5. The van der Waals surface area contributed by atoms with Gasteiger partial charge in [-0.05, 0) is 25.1 Å². The van der Waals surface area contributed by atoms with E-state index in [4.69, 9.17) is 5.73 Å². The topological polar surface area (TPSA) is 46.3 Å². The molecule has 0 aliphatic heterocycles. The van der Waals surface area contributed by atoms with Gasteiger partial charge < -0.3 is 10.6 Å². The second-order valence-electron chi connectivity index (χ2n) is 3.36. The van der Waals surface area contributed by atoms with Crippen molar-refractivity contribution < 1.29 is 9.18 Å². The fraction of sp³-hybridized carbons (Fsp3) is 0.250. The van der Waals surface area contributed by atoms with Crippen LogP contribution >= 0.6 is 0 Å². The molecule has 86 valence electrons. The minimum absolute atomic E-state index is 0.198. The van der Waals surface area contributed by atoms with E-state index in [1.165, 1.54) is 17.0 Å². The van der Waals surface area contributed by atoms with Gasteiger partial charge in [-0.3, -0.25) is 4.79 Å². The van der Waals surface area contributed by atoms with Crippen molar-refractivity contribution in [1.29, 1.82) is 0 Å². The smallest absolute Gasteiger partial charge is 0.256 e. The maximum Gasteiger partial charge on any atom is 0.256 e. The van der Waals surface area contributed by atoms with Gasteiger partial charge in [0.15, 0.2) is 0 Å². The van der Waals surface area contributed by atoms with E-state index in [1.54, 1.807) is 6.08 Å². The Morgan fingerprint density at radius 2 is 2.31 bits per heavy atom. The Morgan fingerprint density at radius 3 is 2.88 bits per heavy atom. The first-order valence-electron chi connectivity index (χ1n) is 5.05. The highest BCUT2D eigenvalue weighted by molar-refractivity contribution is 5.99. The van der Waals surface area contributed by atoms with Gasteiger partial charge in [0.2, 0.25) is 0 Å². The summed E-state index contributed by atoms with van der Waals surface area (Å²) in [6.07, 6.45) is 1.62. The Labute approximate surface area is 94.4 Å². The van der Waals surface area contributed by atoms with Gasteiger partial charge in [0.05, 0.1) is 5.56 Å². The molecule has 0 bridgehead atoms. The summed E-state index contributed by atoms with van der Waals surface area (Å²) in [6.45, 7) is 6.36. The van der Waals surface area contributed by atoms with Gasteiger partial charge >= 0.3 is 0 Å². The predicted molar refractivity (Wildman–Crippen MR) is 62.6 cm³/mol. The number of benzene rings is 1. The van der Waals surface area contributed by atoms with Gasteiger partial charge in [-0.2, -0.15) is 0 Å². The highest BCUT2D eigenvalue weighted by atomic mass is 19.1. The molecule has 0 atom stereocenters. The van der Waals surface area contributed by atoms with E-state index >= 15 is 0 Å². The lowest BCUT2D eigenvalue weighted by Gasteiger charge is -2.19. The number of halogens is 1. The number of likely N-dealkylation sites (N-methyl/N-ethyl adjacent to an activating group) is 1. The lowest BCUT2D eigenvalue weighted by Crippen LogP contribution is -2.31. The zero-order chi connectivity index (χ0) is 12.1. The third-order valence-corrected chi connectivity index (χ3v) is 2.26.